The Bertz CT molecular complexity index is 412. The molecule has 1 heterocycles. The van der Waals surface area contributed by atoms with Crippen molar-refractivity contribution in [2.75, 3.05) is 0 Å². The molecule has 0 aliphatic heterocycles. The minimum absolute atomic E-state index is 0.166. The van der Waals surface area contributed by atoms with Gasteiger partial charge in [0.25, 0.3) is 5.56 Å². The average molecular weight is 190 g/mol. The summed E-state index contributed by atoms with van der Waals surface area (Å²) in [7, 11) is 0. The van der Waals surface area contributed by atoms with Gasteiger partial charge in [0.05, 0.1) is 0 Å². The van der Waals surface area contributed by atoms with Gasteiger partial charge in [-0.05, 0) is 25.5 Å². The number of rotatable bonds is 3. The topological polar surface area (TPSA) is 45.8 Å². The molecule has 0 N–H and O–H groups in total. The zero-order valence-electron chi connectivity index (χ0n) is 8.58. The molecule has 0 aromatic carbocycles. The van der Waals surface area contributed by atoms with Crippen LogP contribution in [0, 0.1) is 18.3 Å². The van der Waals surface area contributed by atoms with Crippen LogP contribution in [0.2, 0.25) is 0 Å². The van der Waals surface area contributed by atoms with Gasteiger partial charge in [-0.3, -0.25) is 4.79 Å². The molecule has 0 saturated carbocycles. The fraction of sp³-hybridized carbons (Fsp3) is 0.455. The van der Waals surface area contributed by atoms with Crippen LogP contribution in [-0.2, 0) is 6.54 Å². The minimum Gasteiger partial charge on any atom is -0.312 e. The Kier molecular flexibility index (Phi) is 3.47. The molecule has 0 atom stereocenters. The molecule has 1 rings (SSSR count). The Labute approximate surface area is 83.6 Å². The van der Waals surface area contributed by atoms with Gasteiger partial charge < -0.3 is 4.57 Å². The molecular weight excluding hydrogens is 176 g/mol. The van der Waals surface area contributed by atoms with Gasteiger partial charge in [-0.25, -0.2) is 0 Å². The first-order chi connectivity index (χ1) is 6.70. The van der Waals surface area contributed by atoms with Crippen LogP contribution < -0.4 is 5.56 Å². The zero-order valence-corrected chi connectivity index (χ0v) is 8.58. The summed E-state index contributed by atoms with van der Waals surface area (Å²) < 4.78 is 1.67. The van der Waals surface area contributed by atoms with E-state index in [2.05, 4.69) is 6.92 Å². The predicted molar refractivity (Wildman–Crippen MR) is 55.1 cm³/mol. The predicted octanol–water partition coefficient (Wildman–Crippen LogP) is 1.83. The third kappa shape index (κ3) is 2.02. The molecule has 0 saturated heterocycles. The van der Waals surface area contributed by atoms with Crippen molar-refractivity contribution >= 4 is 0 Å². The van der Waals surface area contributed by atoms with Crippen molar-refractivity contribution in [2.24, 2.45) is 0 Å². The summed E-state index contributed by atoms with van der Waals surface area (Å²) in [4.78, 5) is 11.7. The third-order valence-electron chi connectivity index (χ3n) is 2.25. The first kappa shape index (κ1) is 10.5. The molecule has 0 aliphatic carbocycles. The van der Waals surface area contributed by atoms with E-state index in [9.17, 15) is 4.79 Å². The maximum absolute atomic E-state index is 11.7. The Hall–Kier alpha value is -1.56. The Morgan fingerprint density at radius 2 is 2.21 bits per heavy atom. The van der Waals surface area contributed by atoms with Crippen molar-refractivity contribution < 1.29 is 0 Å². The summed E-state index contributed by atoms with van der Waals surface area (Å²) in [5.41, 5.74) is 0.982. The van der Waals surface area contributed by atoms with Gasteiger partial charge in [-0.1, -0.05) is 13.3 Å². The molecule has 14 heavy (non-hydrogen) atoms. The van der Waals surface area contributed by atoms with E-state index in [1.807, 2.05) is 19.1 Å². The van der Waals surface area contributed by atoms with Crippen LogP contribution >= 0.6 is 0 Å². The molecule has 0 radical (unpaired) electrons. The quantitative estimate of drug-likeness (QED) is 0.730. The van der Waals surface area contributed by atoms with Crippen LogP contribution in [0.25, 0.3) is 0 Å². The van der Waals surface area contributed by atoms with Crippen LogP contribution in [-0.4, -0.2) is 4.57 Å². The van der Waals surface area contributed by atoms with Crippen LogP contribution in [0.4, 0.5) is 0 Å². The van der Waals surface area contributed by atoms with Crippen molar-refractivity contribution in [1.29, 1.82) is 5.26 Å². The average Bonchev–Trinajstić information content (AvgIpc) is 2.18. The van der Waals surface area contributed by atoms with Gasteiger partial charge in [0.2, 0.25) is 0 Å². The molecule has 0 bridgehead atoms. The number of aromatic nitrogens is 1. The first-order valence-electron chi connectivity index (χ1n) is 4.81. The zero-order chi connectivity index (χ0) is 10.6. The molecular formula is C11H14N2O. The summed E-state index contributed by atoms with van der Waals surface area (Å²) in [6.45, 7) is 4.67. The van der Waals surface area contributed by atoms with E-state index in [0.29, 0.717) is 6.54 Å². The summed E-state index contributed by atoms with van der Waals surface area (Å²) in [6, 6.07) is 5.30. The Balaban J connectivity index is 3.14. The number of hydrogen-bond acceptors (Lipinski definition) is 2. The normalized spacial score (nSPS) is 9.79. The minimum atomic E-state index is -0.166. The maximum Gasteiger partial charge on any atom is 0.268 e. The van der Waals surface area contributed by atoms with Crippen molar-refractivity contribution in [3.05, 3.63) is 33.7 Å². The smallest absolute Gasteiger partial charge is 0.268 e. The monoisotopic (exact) mass is 190 g/mol. The molecule has 74 valence electrons. The van der Waals surface area contributed by atoms with E-state index < -0.39 is 0 Å². The van der Waals surface area contributed by atoms with Gasteiger partial charge in [-0.2, -0.15) is 5.26 Å². The van der Waals surface area contributed by atoms with E-state index in [-0.39, 0.29) is 11.1 Å². The lowest BCUT2D eigenvalue weighted by molar-refractivity contribution is 0.598. The second-order valence-electron chi connectivity index (χ2n) is 3.31. The molecule has 0 fully saturated rings. The molecule has 0 unspecified atom stereocenters. The van der Waals surface area contributed by atoms with Crippen LogP contribution in [0.3, 0.4) is 0 Å². The number of pyridine rings is 1. The summed E-state index contributed by atoms with van der Waals surface area (Å²) >= 11 is 0. The Morgan fingerprint density at radius 1 is 1.50 bits per heavy atom. The Morgan fingerprint density at radius 3 is 2.79 bits per heavy atom. The largest absolute Gasteiger partial charge is 0.312 e. The van der Waals surface area contributed by atoms with E-state index in [1.54, 1.807) is 10.6 Å². The second-order valence-corrected chi connectivity index (χ2v) is 3.31. The molecule has 3 nitrogen and oxygen atoms in total. The van der Waals surface area contributed by atoms with Gasteiger partial charge in [0.1, 0.15) is 11.6 Å². The highest BCUT2D eigenvalue weighted by atomic mass is 16.1. The lowest BCUT2D eigenvalue weighted by Crippen LogP contribution is -2.24. The highest BCUT2D eigenvalue weighted by molar-refractivity contribution is 5.27. The number of aryl methyl sites for hydroxylation is 1. The first-order valence-corrected chi connectivity index (χ1v) is 4.81. The van der Waals surface area contributed by atoms with E-state index in [1.165, 1.54) is 0 Å². The van der Waals surface area contributed by atoms with Gasteiger partial charge in [0.15, 0.2) is 0 Å². The van der Waals surface area contributed by atoms with Crippen molar-refractivity contribution in [2.45, 2.75) is 33.2 Å². The standard InChI is InChI=1S/C11H14N2O/c1-3-4-7-13-9(2)5-6-10(8-12)11(13)14/h5-6H,3-4,7H2,1-2H3. The molecule has 0 aliphatic rings. The molecule has 0 amide bonds. The summed E-state index contributed by atoms with van der Waals surface area (Å²) in [5, 5.41) is 8.70. The number of hydrogen-bond donors (Lipinski definition) is 0. The summed E-state index contributed by atoms with van der Waals surface area (Å²) in [5.74, 6) is 0. The second kappa shape index (κ2) is 4.61. The highest BCUT2D eigenvalue weighted by Gasteiger charge is 2.04. The number of nitriles is 1. The molecule has 3 heteroatoms. The molecule has 1 aromatic rings. The van der Waals surface area contributed by atoms with Gasteiger partial charge in [-0.15, -0.1) is 0 Å². The lowest BCUT2D eigenvalue weighted by Gasteiger charge is -2.08. The van der Waals surface area contributed by atoms with Crippen molar-refractivity contribution in [3.63, 3.8) is 0 Å². The lowest BCUT2D eigenvalue weighted by atomic mass is 10.2. The SMILES string of the molecule is CCCCn1c(C)ccc(C#N)c1=O. The maximum atomic E-state index is 11.7. The fourth-order valence-corrected chi connectivity index (χ4v) is 1.35. The van der Waals surface area contributed by atoms with Crippen molar-refractivity contribution in [1.82, 2.24) is 4.57 Å². The third-order valence-corrected chi connectivity index (χ3v) is 2.25. The van der Waals surface area contributed by atoms with E-state index >= 15 is 0 Å². The number of nitrogens with zero attached hydrogens (tertiary/aromatic N) is 2. The summed E-state index contributed by atoms with van der Waals surface area (Å²) in [6.07, 6.45) is 2.01. The van der Waals surface area contributed by atoms with E-state index in [4.69, 9.17) is 5.26 Å². The van der Waals surface area contributed by atoms with Gasteiger partial charge >= 0.3 is 0 Å². The fourth-order valence-electron chi connectivity index (χ4n) is 1.35. The van der Waals surface area contributed by atoms with Gasteiger partial charge in [0, 0.05) is 12.2 Å². The molecule has 1 aromatic heterocycles. The van der Waals surface area contributed by atoms with Crippen LogP contribution in [0.1, 0.15) is 31.0 Å². The van der Waals surface area contributed by atoms with Crippen molar-refractivity contribution in [3.8, 4) is 6.07 Å². The van der Waals surface area contributed by atoms with Crippen LogP contribution in [0.5, 0.6) is 0 Å². The number of unbranched alkanes of at least 4 members (excludes halogenated alkanes) is 1. The van der Waals surface area contributed by atoms with E-state index in [0.717, 1.165) is 18.5 Å². The van der Waals surface area contributed by atoms with Crippen LogP contribution in [0.15, 0.2) is 16.9 Å². The molecule has 0 spiro atoms. The highest BCUT2D eigenvalue weighted by Crippen LogP contribution is 2.00.